The minimum absolute atomic E-state index is 0. The molecule has 8 heteroatoms. The predicted molar refractivity (Wildman–Crippen MR) is 131 cm³/mol. The Hall–Kier alpha value is -1.34. The summed E-state index contributed by atoms with van der Waals surface area (Å²) in [6.07, 6.45) is 7.07. The number of amides is 2. The summed E-state index contributed by atoms with van der Waals surface area (Å²) in [6.45, 7) is 4.72. The maximum absolute atomic E-state index is 13.5. The molecule has 0 spiro atoms. The molecule has 2 N–H and O–H groups in total. The largest absolute Gasteiger partial charge is 0.379 e. The molecule has 0 aromatic heterocycles. The van der Waals surface area contributed by atoms with Crippen LogP contribution in [0.15, 0.2) is 24.3 Å². The number of hydrogen-bond donors (Lipinski definition) is 2. The predicted octanol–water partition coefficient (Wildman–Crippen LogP) is 3.53. The zero-order valence-corrected chi connectivity index (χ0v) is 20.6. The number of nitrogens with one attached hydrogen (secondary N) is 2. The molecular formula is C25H35Cl2N3O3. The fraction of sp³-hybridized carbons (Fsp3) is 0.680. The van der Waals surface area contributed by atoms with Gasteiger partial charge in [-0.3, -0.25) is 14.5 Å². The Balaban J connectivity index is 0.00000259. The van der Waals surface area contributed by atoms with Gasteiger partial charge in [-0.1, -0.05) is 11.6 Å². The number of hydrogen-bond acceptors (Lipinski definition) is 4. The monoisotopic (exact) mass is 495 g/mol. The molecule has 1 atom stereocenters. The Morgan fingerprint density at radius 2 is 1.61 bits per heavy atom. The van der Waals surface area contributed by atoms with E-state index in [1.807, 2.05) is 0 Å². The Labute approximate surface area is 207 Å². The van der Waals surface area contributed by atoms with Crippen molar-refractivity contribution in [1.29, 1.82) is 0 Å². The SMILES string of the molecule is Cl.O=C(NC(C(=O)NCCN1CCOCC1)C12CC3CC(CC(C3)C1)C2)c1ccc(Cl)cc1. The fourth-order valence-corrected chi connectivity index (χ4v) is 7.23. The highest BCUT2D eigenvalue weighted by Gasteiger charge is 2.56. The summed E-state index contributed by atoms with van der Waals surface area (Å²) in [6, 6.07) is 6.41. The lowest BCUT2D eigenvalue weighted by atomic mass is 9.47. The lowest BCUT2D eigenvalue weighted by molar-refractivity contribution is -0.134. The van der Waals surface area contributed by atoms with Crippen LogP contribution in [0.5, 0.6) is 0 Å². The third-order valence-electron chi connectivity index (χ3n) is 8.17. The highest BCUT2D eigenvalue weighted by atomic mass is 35.5. The van der Waals surface area contributed by atoms with Crippen molar-refractivity contribution in [2.75, 3.05) is 39.4 Å². The first kappa shape index (κ1) is 24.8. The van der Waals surface area contributed by atoms with Gasteiger partial charge in [0.2, 0.25) is 5.91 Å². The van der Waals surface area contributed by atoms with Crippen molar-refractivity contribution in [2.24, 2.45) is 23.2 Å². The van der Waals surface area contributed by atoms with Gasteiger partial charge in [-0.15, -0.1) is 12.4 Å². The van der Waals surface area contributed by atoms with Crippen LogP contribution in [0, 0.1) is 23.2 Å². The Bertz CT molecular complexity index is 807. The minimum atomic E-state index is -0.483. The normalized spacial score (nSPS) is 31.5. The van der Waals surface area contributed by atoms with Gasteiger partial charge >= 0.3 is 0 Å². The molecule has 1 saturated heterocycles. The summed E-state index contributed by atoms with van der Waals surface area (Å²) in [5.74, 6) is 1.90. The highest BCUT2D eigenvalue weighted by Crippen LogP contribution is 2.61. The topological polar surface area (TPSA) is 70.7 Å². The van der Waals surface area contributed by atoms with Gasteiger partial charge in [0, 0.05) is 42.2 Å². The van der Waals surface area contributed by atoms with Crippen LogP contribution in [0.1, 0.15) is 48.9 Å². The molecule has 5 fully saturated rings. The van der Waals surface area contributed by atoms with E-state index in [0.717, 1.165) is 52.1 Å². The molecule has 1 unspecified atom stereocenters. The van der Waals surface area contributed by atoms with Crippen molar-refractivity contribution in [2.45, 2.75) is 44.6 Å². The van der Waals surface area contributed by atoms with E-state index in [2.05, 4.69) is 15.5 Å². The van der Waals surface area contributed by atoms with Gasteiger partial charge in [-0.2, -0.15) is 0 Å². The number of carbonyl (C=O) groups is 2. The summed E-state index contributed by atoms with van der Waals surface area (Å²) in [5.41, 5.74) is 0.435. The lowest BCUT2D eigenvalue weighted by Crippen LogP contribution is -2.62. The standard InChI is InChI=1S/C25H34ClN3O3.ClH/c26-21-3-1-20(2-4-21)23(30)28-22(24(31)27-5-6-29-7-9-32-10-8-29)25-14-17-11-18(15-25)13-19(12-17)16-25;/h1-4,17-19,22H,5-16H2,(H,27,31)(H,28,30);1H. The van der Waals surface area contributed by atoms with Crippen LogP contribution >= 0.6 is 24.0 Å². The first-order chi connectivity index (χ1) is 15.5. The van der Waals surface area contributed by atoms with Crippen LogP contribution in [0.3, 0.4) is 0 Å². The van der Waals surface area contributed by atoms with Gasteiger partial charge < -0.3 is 15.4 Å². The van der Waals surface area contributed by atoms with E-state index < -0.39 is 6.04 Å². The second-order valence-corrected chi connectivity index (χ2v) is 10.9. The van der Waals surface area contributed by atoms with Crippen LogP contribution < -0.4 is 10.6 Å². The molecule has 4 aliphatic carbocycles. The van der Waals surface area contributed by atoms with E-state index >= 15 is 0 Å². The van der Waals surface area contributed by atoms with E-state index in [1.165, 1.54) is 19.3 Å². The summed E-state index contributed by atoms with van der Waals surface area (Å²) < 4.78 is 5.41. The molecule has 1 aromatic carbocycles. The molecule has 4 saturated carbocycles. The van der Waals surface area contributed by atoms with E-state index in [1.54, 1.807) is 24.3 Å². The minimum Gasteiger partial charge on any atom is -0.379 e. The lowest BCUT2D eigenvalue weighted by Gasteiger charge is -2.59. The highest BCUT2D eigenvalue weighted by molar-refractivity contribution is 6.30. The maximum atomic E-state index is 13.5. The summed E-state index contributed by atoms with van der Waals surface area (Å²) >= 11 is 6.00. The van der Waals surface area contributed by atoms with Crippen molar-refractivity contribution in [3.63, 3.8) is 0 Å². The molecule has 33 heavy (non-hydrogen) atoms. The number of nitrogens with zero attached hydrogens (tertiary/aromatic N) is 1. The third kappa shape index (κ3) is 5.50. The van der Waals surface area contributed by atoms with Crippen LogP contribution in [0.4, 0.5) is 0 Å². The second kappa shape index (κ2) is 10.5. The molecule has 182 valence electrons. The molecule has 6 nitrogen and oxygen atoms in total. The summed E-state index contributed by atoms with van der Waals surface area (Å²) in [7, 11) is 0. The van der Waals surface area contributed by atoms with Crippen molar-refractivity contribution in [3.05, 3.63) is 34.9 Å². The van der Waals surface area contributed by atoms with Crippen molar-refractivity contribution < 1.29 is 14.3 Å². The summed E-state index contributed by atoms with van der Waals surface area (Å²) in [4.78, 5) is 29.0. The zero-order chi connectivity index (χ0) is 22.1. The van der Waals surface area contributed by atoms with E-state index in [-0.39, 0.29) is 29.6 Å². The van der Waals surface area contributed by atoms with E-state index in [9.17, 15) is 9.59 Å². The Morgan fingerprint density at radius 3 is 2.18 bits per heavy atom. The summed E-state index contributed by atoms with van der Waals surface area (Å²) in [5, 5.41) is 6.93. The fourth-order valence-electron chi connectivity index (χ4n) is 7.11. The molecule has 5 aliphatic rings. The Morgan fingerprint density at radius 1 is 1.03 bits per heavy atom. The number of benzene rings is 1. The van der Waals surface area contributed by atoms with Gasteiger partial charge in [-0.25, -0.2) is 0 Å². The number of morpholine rings is 1. The maximum Gasteiger partial charge on any atom is 0.251 e. The van der Waals surface area contributed by atoms with Gasteiger partial charge in [0.15, 0.2) is 0 Å². The van der Waals surface area contributed by atoms with Crippen LogP contribution in [0.25, 0.3) is 0 Å². The molecule has 1 aromatic rings. The average molecular weight is 496 g/mol. The van der Waals surface area contributed by atoms with Crippen LogP contribution in [-0.4, -0.2) is 62.1 Å². The average Bonchev–Trinajstić information content (AvgIpc) is 2.77. The molecule has 4 bridgehead atoms. The van der Waals surface area contributed by atoms with Gasteiger partial charge in [0.25, 0.3) is 5.91 Å². The van der Waals surface area contributed by atoms with Crippen LogP contribution in [0.2, 0.25) is 5.02 Å². The smallest absolute Gasteiger partial charge is 0.251 e. The van der Waals surface area contributed by atoms with E-state index in [4.69, 9.17) is 16.3 Å². The number of halogens is 2. The molecule has 1 aliphatic heterocycles. The molecule has 6 rings (SSSR count). The first-order valence-electron chi connectivity index (χ1n) is 12.1. The van der Waals surface area contributed by atoms with Crippen molar-refractivity contribution in [1.82, 2.24) is 15.5 Å². The van der Waals surface area contributed by atoms with E-state index in [0.29, 0.717) is 34.9 Å². The number of carbonyl (C=O) groups excluding carboxylic acids is 2. The second-order valence-electron chi connectivity index (χ2n) is 10.4. The number of rotatable bonds is 7. The zero-order valence-electron chi connectivity index (χ0n) is 19.1. The molecule has 2 amide bonds. The van der Waals surface area contributed by atoms with Gasteiger partial charge in [0.1, 0.15) is 6.04 Å². The number of ether oxygens (including phenoxy) is 1. The van der Waals surface area contributed by atoms with Crippen molar-refractivity contribution in [3.8, 4) is 0 Å². The van der Waals surface area contributed by atoms with Gasteiger partial charge in [0.05, 0.1) is 13.2 Å². The Kier molecular flexibility index (Phi) is 7.89. The molecule has 1 heterocycles. The van der Waals surface area contributed by atoms with Crippen LogP contribution in [-0.2, 0) is 9.53 Å². The van der Waals surface area contributed by atoms with Gasteiger partial charge in [-0.05, 0) is 80.5 Å². The third-order valence-corrected chi connectivity index (χ3v) is 8.42. The molecular weight excluding hydrogens is 461 g/mol. The quantitative estimate of drug-likeness (QED) is 0.606. The van der Waals surface area contributed by atoms with Crippen molar-refractivity contribution >= 4 is 35.8 Å². The molecule has 0 radical (unpaired) electrons. The first-order valence-corrected chi connectivity index (χ1v) is 12.5.